The van der Waals surface area contributed by atoms with Crippen LogP contribution in [0.25, 0.3) is 17.1 Å². The Labute approximate surface area is 123 Å². The minimum Gasteiger partial charge on any atom is -0.399 e. The summed E-state index contributed by atoms with van der Waals surface area (Å²) in [7, 11) is 0. The van der Waals surface area contributed by atoms with Crippen molar-refractivity contribution in [3.8, 4) is 17.1 Å². The Morgan fingerprint density at radius 3 is 2.67 bits per heavy atom. The molecule has 0 aliphatic carbocycles. The number of aromatic nitrogens is 4. The van der Waals surface area contributed by atoms with Crippen LogP contribution in [0.15, 0.2) is 36.4 Å². The molecule has 0 atom stereocenters. The van der Waals surface area contributed by atoms with Crippen molar-refractivity contribution >= 4 is 17.3 Å². The van der Waals surface area contributed by atoms with E-state index in [1.165, 1.54) is 0 Å². The summed E-state index contributed by atoms with van der Waals surface area (Å²) in [5.74, 6) is -1.05. The SMILES string of the molecule is Nc1cc(Cl)cc(-c2nnnn2-c2cc(F)ccc2F)c1. The maximum Gasteiger partial charge on any atom is 0.187 e. The van der Waals surface area contributed by atoms with Gasteiger partial charge in [0.25, 0.3) is 0 Å². The normalized spacial score (nSPS) is 10.8. The van der Waals surface area contributed by atoms with E-state index < -0.39 is 11.6 Å². The van der Waals surface area contributed by atoms with Crippen LogP contribution in [0.4, 0.5) is 14.5 Å². The van der Waals surface area contributed by atoms with E-state index in [2.05, 4.69) is 15.5 Å². The third-order valence-electron chi connectivity index (χ3n) is 2.78. The Balaban J connectivity index is 2.19. The first-order valence-electron chi connectivity index (χ1n) is 5.85. The van der Waals surface area contributed by atoms with Gasteiger partial charge in [-0.25, -0.2) is 8.78 Å². The monoisotopic (exact) mass is 307 g/mol. The molecule has 0 saturated carbocycles. The standard InChI is InChI=1S/C13H8ClF2N5/c14-8-3-7(4-10(17)5-8)13-18-19-20-21(13)12-6-9(15)1-2-11(12)16/h1-6H,17H2. The van der Waals surface area contributed by atoms with Crippen LogP contribution in [0.2, 0.25) is 5.02 Å². The first-order valence-corrected chi connectivity index (χ1v) is 6.22. The highest BCUT2D eigenvalue weighted by atomic mass is 35.5. The number of anilines is 1. The number of halogens is 3. The van der Waals surface area contributed by atoms with Gasteiger partial charge in [0, 0.05) is 22.3 Å². The molecule has 1 aromatic heterocycles. The molecule has 0 radical (unpaired) electrons. The van der Waals surface area contributed by atoms with Gasteiger partial charge >= 0.3 is 0 Å². The lowest BCUT2D eigenvalue weighted by molar-refractivity contribution is 0.584. The average Bonchev–Trinajstić information content (AvgIpc) is 2.89. The van der Waals surface area contributed by atoms with Gasteiger partial charge in [-0.2, -0.15) is 4.68 Å². The lowest BCUT2D eigenvalue weighted by Crippen LogP contribution is -2.03. The summed E-state index contributed by atoms with van der Waals surface area (Å²) < 4.78 is 28.3. The van der Waals surface area contributed by atoms with Crippen molar-refractivity contribution in [2.75, 3.05) is 5.73 Å². The summed E-state index contributed by atoms with van der Waals surface area (Å²) in [6.07, 6.45) is 0. The second-order valence-electron chi connectivity index (χ2n) is 4.28. The molecule has 106 valence electrons. The van der Waals surface area contributed by atoms with Crippen molar-refractivity contribution in [2.45, 2.75) is 0 Å². The average molecular weight is 308 g/mol. The smallest absolute Gasteiger partial charge is 0.187 e. The molecular weight excluding hydrogens is 300 g/mol. The van der Waals surface area contributed by atoms with Crippen molar-refractivity contribution in [2.24, 2.45) is 0 Å². The summed E-state index contributed by atoms with van der Waals surface area (Å²) >= 11 is 5.93. The highest BCUT2D eigenvalue weighted by Crippen LogP contribution is 2.26. The molecule has 3 rings (SSSR count). The molecule has 0 fully saturated rings. The van der Waals surface area contributed by atoms with Crippen LogP contribution >= 0.6 is 11.6 Å². The fourth-order valence-electron chi connectivity index (χ4n) is 1.92. The Kier molecular flexibility index (Phi) is 3.26. The van der Waals surface area contributed by atoms with Gasteiger partial charge in [0.1, 0.15) is 17.3 Å². The molecule has 1 heterocycles. The predicted octanol–water partition coefficient (Wildman–Crippen LogP) is 2.84. The third-order valence-corrected chi connectivity index (χ3v) is 3.00. The van der Waals surface area contributed by atoms with E-state index in [4.69, 9.17) is 17.3 Å². The Morgan fingerprint density at radius 2 is 1.90 bits per heavy atom. The lowest BCUT2D eigenvalue weighted by Gasteiger charge is -2.07. The second-order valence-corrected chi connectivity index (χ2v) is 4.72. The Morgan fingerprint density at radius 1 is 1.10 bits per heavy atom. The number of tetrazole rings is 1. The fraction of sp³-hybridized carbons (Fsp3) is 0. The van der Waals surface area contributed by atoms with E-state index in [-0.39, 0.29) is 11.5 Å². The maximum absolute atomic E-state index is 13.9. The van der Waals surface area contributed by atoms with Gasteiger partial charge in [-0.15, -0.1) is 5.10 Å². The first kappa shape index (κ1) is 13.4. The van der Waals surface area contributed by atoms with E-state index in [9.17, 15) is 8.78 Å². The molecule has 0 aliphatic rings. The summed E-state index contributed by atoms with van der Waals surface area (Å²) in [5, 5.41) is 11.4. The largest absolute Gasteiger partial charge is 0.399 e. The zero-order chi connectivity index (χ0) is 15.0. The van der Waals surface area contributed by atoms with Crippen LogP contribution in [-0.2, 0) is 0 Å². The van der Waals surface area contributed by atoms with Crippen LogP contribution in [0.1, 0.15) is 0 Å². The van der Waals surface area contributed by atoms with E-state index in [0.717, 1.165) is 22.9 Å². The molecule has 0 amide bonds. The van der Waals surface area contributed by atoms with Gasteiger partial charge in [-0.1, -0.05) is 11.6 Å². The van der Waals surface area contributed by atoms with Gasteiger partial charge in [0.15, 0.2) is 5.82 Å². The lowest BCUT2D eigenvalue weighted by atomic mass is 10.2. The maximum atomic E-state index is 13.9. The van der Waals surface area contributed by atoms with Crippen LogP contribution in [0.5, 0.6) is 0 Å². The second kappa shape index (κ2) is 5.10. The quantitative estimate of drug-likeness (QED) is 0.739. The summed E-state index contributed by atoms with van der Waals surface area (Å²) in [6, 6.07) is 7.75. The van der Waals surface area contributed by atoms with Crippen molar-refractivity contribution in [3.05, 3.63) is 53.1 Å². The molecule has 0 aliphatic heterocycles. The first-order chi connectivity index (χ1) is 10.0. The molecule has 0 bridgehead atoms. The van der Waals surface area contributed by atoms with Crippen molar-refractivity contribution < 1.29 is 8.78 Å². The topological polar surface area (TPSA) is 69.6 Å². The molecule has 3 aromatic rings. The Hall–Kier alpha value is -2.54. The molecule has 0 unspecified atom stereocenters. The molecule has 2 N–H and O–H groups in total. The van der Waals surface area contributed by atoms with Crippen molar-refractivity contribution in [1.29, 1.82) is 0 Å². The molecular formula is C13H8ClF2N5. The zero-order valence-electron chi connectivity index (χ0n) is 10.5. The molecule has 5 nitrogen and oxygen atoms in total. The molecule has 2 aromatic carbocycles. The number of hydrogen-bond donors (Lipinski definition) is 1. The van der Waals surface area contributed by atoms with Crippen molar-refractivity contribution in [1.82, 2.24) is 20.2 Å². The van der Waals surface area contributed by atoms with Gasteiger partial charge in [-0.3, -0.25) is 0 Å². The van der Waals surface area contributed by atoms with E-state index >= 15 is 0 Å². The summed E-state index contributed by atoms with van der Waals surface area (Å²) in [5.41, 5.74) is 6.51. The minimum absolute atomic E-state index is 0.103. The molecule has 21 heavy (non-hydrogen) atoms. The summed E-state index contributed by atoms with van der Waals surface area (Å²) in [6.45, 7) is 0. The van der Waals surface area contributed by atoms with Gasteiger partial charge in [0.05, 0.1) is 0 Å². The third kappa shape index (κ3) is 2.55. The van der Waals surface area contributed by atoms with Crippen LogP contribution in [-0.4, -0.2) is 20.2 Å². The van der Waals surface area contributed by atoms with E-state index in [0.29, 0.717) is 16.3 Å². The van der Waals surface area contributed by atoms with Crippen molar-refractivity contribution in [3.63, 3.8) is 0 Å². The molecule has 0 spiro atoms. The number of nitrogens with two attached hydrogens (primary N) is 1. The van der Waals surface area contributed by atoms with Gasteiger partial charge in [0.2, 0.25) is 0 Å². The van der Waals surface area contributed by atoms with Gasteiger partial charge < -0.3 is 5.73 Å². The predicted molar refractivity (Wildman–Crippen MR) is 73.9 cm³/mol. The van der Waals surface area contributed by atoms with Crippen LogP contribution < -0.4 is 5.73 Å². The zero-order valence-corrected chi connectivity index (χ0v) is 11.2. The molecule has 0 saturated heterocycles. The molecule has 8 heteroatoms. The summed E-state index contributed by atoms with van der Waals surface area (Å²) in [4.78, 5) is 0. The van der Waals surface area contributed by atoms with E-state index in [1.807, 2.05) is 0 Å². The highest BCUT2D eigenvalue weighted by molar-refractivity contribution is 6.31. The Bertz CT molecular complexity index is 798. The minimum atomic E-state index is -0.653. The fourth-order valence-corrected chi connectivity index (χ4v) is 2.16. The van der Waals surface area contributed by atoms with Gasteiger partial charge in [-0.05, 0) is 40.8 Å². The number of benzene rings is 2. The van der Waals surface area contributed by atoms with Crippen LogP contribution in [0, 0.1) is 11.6 Å². The number of rotatable bonds is 2. The number of nitrogens with zero attached hydrogens (tertiary/aromatic N) is 4. The van der Waals surface area contributed by atoms with Crippen LogP contribution in [0.3, 0.4) is 0 Å². The van der Waals surface area contributed by atoms with E-state index in [1.54, 1.807) is 18.2 Å². The number of hydrogen-bond acceptors (Lipinski definition) is 4. The highest BCUT2D eigenvalue weighted by Gasteiger charge is 2.15. The number of nitrogen functional groups attached to an aromatic ring is 1.